The Morgan fingerprint density at radius 3 is 2.46 bits per heavy atom. The Labute approximate surface area is 161 Å². The summed E-state index contributed by atoms with van der Waals surface area (Å²) in [4.78, 5) is 20.8. The second kappa shape index (κ2) is 8.47. The minimum Gasteiger partial charge on any atom is -0.497 e. The van der Waals surface area contributed by atoms with Crippen LogP contribution in [0.15, 0.2) is 47.6 Å². The first-order chi connectivity index (χ1) is 13.5. The quantitative estimate of drug-likeness (QED) is 0.572. The summed E-state index contributed by atoms with van der Waals surface area (Å²) >= 11 is 0. The molecule has 1 saturated carbocycles. The number of benzene rings is 2. The molecular formula is C19H20N4O5. The maximum Gasteiger partial charge on any atom is 0.301 e. The Bertz CT molecular complexity index is 911. The summed E-state index contributed by atoms with van der Waals surface area (Å²) in [6, 6.07) is 11.3. The number of hydrogen-bond donors (Lipinski definition) is 1. The van der Waals surface area contributed by atoms with E-state index in [1.807, 2.05) is 24.3 Å². The van der Waals surface area contributed by atoms with Crippen molar-refractivity contribution in [2.24, 2.45) is 5.10 Å². The number of nitro benzene ring substituents is 2. The highest BCUT2D eigenvalue weighted by Gasteiger charge is 2.24. The molecule has 1 aliphatic rings. The number of ether oxygens (including phenoxy) is 1. The van der Waals surface area contributed by atoms with E-state index >= 15 is 0 Å². The number of non-ortho nitro benzene ring substituents is 1. The lowest BCUT2D eigenvalue weighted by molar-refractivity contribution is -0.393. The monoisotopic (exact) mass is 384 g/mol. The van der Waals surface area contributed by atoms with Gasteiger partial charge >= 0.3 is 5.69 Å². The highest BCUT2D eigenvalue weighted by Crippen LogP contribution is 2.33. The summed E-state index contributed by atoms with van der Waals surface area (Å²) in [5.74, 6) is 0.891. The number of rotatable bonds is 6. The smallest absolute Gasteiger partial charge is 0.301 e. The van der Waals surface area contributed by atoms with Crippen LogP contribution in [-0.4, -0.2) is 22.7 Å². The molecule has 0 amide bonds. The van der Waals surface area contributed by atoms with Crippen molar-refractivity contribution in [1.29, 1.82) is 0 Å². The Kier molecular flexibility index (Phi) is 5.83. The van der Waals surface area contributed by atoms with Gasteiger partial charge in [0.25, 0.3) is 5.69 Å². The van der Waals surface area contributed by atoms with E-state index in [0.29, 0.717) is 0 Å². The van der Waals surface area contributed by atoms with Crippen LogP contribution in [0.1, 0.15) is 37.2 Å². The lowest BCUT2D eigenvalue weighted by Crippen LogP contribution is -2.19. The fraction of sp³-hybridized carbons (Fsp3) is 0.316. The molecule has 1 aliphatic carbocycles. The molecule has 1 atom stereocenters. The zero-order valence-electron chi connectivity index (χ0n) is 15.3. The molecule has 0 unspecified atom stereocenters. The van der Waals surface area contributed by atoms with Crippen LogP contribution in [0.5, 0.6) is 5.75 Å². The van der Waals surface area contributed by atoms with Crippen molar-refractivity contribution in [3.63, 3.8) is 0 Å². The van der Waals surface area contributed by atoms with Crippen LogP contribution in [0.3, 0.4) is 0 Å². The third-order valence-electron chi connectivity index (χ3n) is 4.80. The summed E-state index contributed by atoms with van der Waals surface area (Å²) in [6.45, 7) is 0. The van der Waals surface area contributed by atoms with Crippen molar-refractivity contribution >= 4 is 22.8 Å². The van der Waals surface area contributed by atoms with Crippen LogP contribution in [0, 0.1) is 20.2 Å². The van der Waals surface area contributed by atoms with Crippen LogP contribution in [-0.2, 0) is 0 Å². The van der Waals surface area contributed by atoms with Crippen molar-refractivity contribution < 1.29 is 14.6 Å². The second-order valence-corrected chi connectivity index (χ2v) is 6.50. The van der Waals surface area contributed by atoms with E-state index in [1.54, 1.807) is 7.11 Å². The van der Waals surface area contributed by atoms with Gasteiger partial charge in [-0.25, -0.2) is 0 Å². The van der Waals surface area contributed by atoms with Gasteiger partial charge in [-0.15, -0.1) is 0 Å². The van der Waals surface area contributed by atoms with Crippen molar-refractivity contribution in [3.8, 4) is 5.75 Å². The SMILES string of the molecule is COc1ccc([C@H]2CCCC/C2=N\Nc2ccc([N+](=O)[O-])cc2[N+](=O)[O-])cc1. The predicted octanol–water partition coefficient (Wildman–Crippen LogP) is 4.64. The summed E-state index contributed by atoms with van der Waals surface area (Å²) in [5, 5.41) is 26.6. The predicted molar refractivity (Wildman–Crippen MR) is 105 cm³/mol. The number of hydrazone groups is 1. The Morgan fingerprint density at radius 1 is 1.07 bits per heavy atom. The van der Waals surface area contributed by atoms with Gasteiger partial charge in [0, 0.05) is 17.7 Å². The van der Waals surface area contributed by atoms with Gasteiger partial charge in [-0.05, 0) is 43.0 Å². The first-order valence-corrected chi connectivity index (χ1v) is 8.89. The standard InChI is InChI=1S/C19H20N4O5/c1-28-15-9-6-13(7-10-15)16-4-2-3-5-17(16)20-21-18-11-8-14(22(24)25)12-19(18)23(26)27/h6-12,16,21H,2-5H2,1H3/b20-17+/t16-/m1/s1. The van der Waals surface area contributed by atoms with Crippen LogP contribution in [0.2, 0.25) is 0 Å². The molecular weight excluding hydrogens is 364 g/mol. The summed E-state index contributed by atoms with van der Waals surface area (Å²) in [6.07, 6.45) is 3.79. The minimum absolute atomic E-state index is 0.115. The molecule has 0 aromatic heterocycles. The van der Waals surface area contributed by atoms with Crippen molar-refractivity contribution in [1.82, 2.24) is 0 Å². The number of methoxy groups -OCH3 is 1. The molecule has 146 valence electrons. The van der Waals surface area contributed by atoms with Crippen molar-refractivity contribution in [2.75, 3.05) is 12.5 Å². The first kappa shape index (κ1) is 19.3. The molecule has 2 aromatic carbocycles. The fourth-order valence-corrected chi connectivity index (χ4v) is 3.34. The Balaban J connectivity index is 1.86. The molecule has 28 heavy (non-hydrogen) atoms. The summed E-state index contributed by atoms with van der Waals surface area (Å²) in [7, 11) is 1.61. The summed E-state index contributed by atoms with van der Waals surface area (Å²) < 4.78 is 5.20. The van der Waals surface area contributed by atoms with Gasteiger partial charge in [0.15, 0.2) is 0 Å². The summed E-state index contributed by atoms with van der Waals surface area (Å²) in [5.41, 5.74) is 4.18. The molecule has 1 fully saturated rings. The Morgan fingerprint density at radius 2 is 1.82 bits per heavy atom. The largest absolute Gasteiger partial charge is 0.497 e. The van der Waals surface area contributed by atoms with Crippen molar-refractivity contribution in [2.45, 2.75) is 31.6 Å². The average Bonchev–Trinajstić information content (AvgIpc) is 2.72. The van der Waals surface area contributed by atoms with Gasteiger partial charge in [-0.1, -0.05) is 18.6 Å². The fourth-order valence-electron chi connectivity index (χ4n) is 3.34. The van der Waals surface area contributed by atoms with E-state index < -0.39 is 9.85 Å². The van der Waals surface area contributed by atoms with Crippen LogP contribution in [0.4, 0.5) is 17.1 Å². The highest BCUT2D eigenvalue weighted by molar-refractivity contribution is 5.92. The second-order valence-electron chi connectivity index (χ2n) is 6.50. The van der Waals surface area contributed by atoms with E-state index in [0.717, 1.165) is 48.8 Å². The minimum atomic E-state index is -0.663. The third kappa shape index (κ3) is 4.25. The van der Waals surface area contributed by atoms with E-state index in [2.05, 4.69) is 10.5 Å². The van der Waals surface area contributed by atoms with Gasteiger partial charge in [-0.2, -0.15) is 5.10 Å². The molecule has 0 radical (unpaired) electrons. The third-order valence-corrected chi connectivity index (χ3v) is 4.80. The number of nitrogens with one attached hydrogen (secondary N) is 1. The lowest BCUT2D eigenvalue weighted by Gasteiger charge is -2.24. The van der Waals surface area contributed by atoms with Gasteiger partial charge in [0.05, 0.1) is 23.0 Å². The van der Waals surface area contributed by atoms with E-state index in [-0.39, 0.29) is 23.0 Å². The topological polar surface area (TPSA) is 120 Å². The Hall–Kier alpha value is -3.49. The molecule has 0 saturated heterocycles. The maximum atomic E-state index is 11.3. The normalized spacial score (nSPS) is 17.9. The molecule has 0 bridgehead atoms. The van der Waals surface area contributed by atoms with Crippen LogP contribution >= 0.6 is 0 Å². The molecule has 0 heterocycles. The maximum absolute atomic E-state index is 11.3. The van der Waals surface area contributed by atoms with Crippen LogP contribution in [0.25, 0.3) is 0 Å². The molecule has 0 aliphatic heterocycles. The van der Waals surface area contributed by atoms with Crippen molar-refractivity contribution in [3.05, 3.63) is 68.3 Å². The molecule has 0 spiro atoms. The van der Waals surface area contributed by atoms with Gasteiger partial charge < -0.3 is 4.74 Å². The average molecular weight is 384 g/mol. The molecule has 2 aromatic rings. The first-order valence-electron chi connectivity index (χ1n) is 8.89. The zero-order chi connectivity index (χ0) is 20.1. The number of anilines is 1. The van der Waals surface area contributed by atoms with E-state index in [9.17, 15) is 20.2 Å². The molecule has 9 nitrogen and oxygen atoms in total. The number of nitro groups is 2. The molecule has 1 N–H and O–H groups in total. The number of hydrogen-bond acceptors (Lipinski definition) is 7. The van der Waals surface area contributed by atoms with E-state index in [4.69, 9.17) is 4.74 Å². The highest BCUT2D eigenvalue weighted by atomic mass is 16.6. The number of nitrogens with zero attached hydrogens (tertiary/aromatic N) is 3. The van der Waals surface area contributed by atoms with Crippen LogP contribution < -0.4 is 10.2 Å². The van der Waals surface area contributed by atoms with Gasteiger partial charge in [-0.3, -0.25) is 25.7 Å². The molecule has 3 rings (SSSR count). The van der Waals surface area contributed by atoms with Gasteiger partial charge in [0.2, 0.25) is 0 Å². The zero-order valence-corrected chi connectivity index (χ0v) is 15.3. The molecule has 9 heteroatoms. The lowest BCUT2D eigenvalue weighted by atomic mass is 9.82. The van der Waals surface area contributed by atoms with E-state index in [1.165, 1.54) is 12.1 Å². The van der Waals surface area contributed by atoms with Gasteiger partial charge in [0.1, 0.15) is 11.4 Å².